The number of amides is 1. The lowest BCUT2D eigenvalue weighted by Gasteiger charge is -2.10. The highest BCUT2D eigenvalue weighted by atomic mass is 32.1. The zero-order chi connectivity index (χ0) is 13.9. The van der Waals surface area contributed by atoms with Gasteiger partial charge in [-0.3, -0.25) is 9.89 Å². The molecule has 6 heteroatoms. The molecule has 0 atom stereocenters. The first-order valence-corrected chi connectivity index (χ1v) is 7.57. The van der Waals surface area contributed by atoms with Gasteiger partial charge in [0.1, 0.15) is 0 Å². The Balaban J connectivity index is 1.69. The minimum atomic E-state index is -0.241. The molecule has 2 aromatic heterocycles. The number of rotatable bonds is 3. The molecule has 104 valence electrons. The molecule has 0 saturated heterocycles. The first-order chi connectivity index (χ1) is 9.75. The summed E-state index contributed by atoms with van der Waals surface area (Å²) in [6, 6.07) is 2.03. The Labute approximate surface area is 121 Å². The normalized spacial score (nSPS) is 14.4. The van der Waals surface area contributed by atoms with E-state index in [2.05, 4.69) is 20.7 Å². The molecule has 3 rings (SSSR count). The number of hydrogen-bond acceptors (Lipinski definition) is 4. The van der Waals surface area contributed by atoms with E-state index in [9.17, 15) is 4.79 Å². The van der Waals surface area contributed by atoms with Gasteiger partial charge >= 0.3 is 0 Å². The summed E-state index contributed by atoms with van der Waals surface area (Å²) in [7, 11) is 0. The number of carbonyl (C=O) groups excluding carboxylic acids is 1. The molecule has 0 aromatic carbocycles. The monoisotopic (exact) mass is 288 g/mol. The van der Waals surface area contributed by atoms with Crippen LogP contribution in [-0.2, 0) is 12.8 Å². The zero-order valence-corrected chi connectivity index (χ0v) is 12.1. The Morgan fingerprint density at radius 3 is 3.15 bits per heavy atom. The number of fused-ring (bicyclic) bond motifs is 1. The van der Waals surface area contributed by atoms with Crippen LogP contribution in [-0.4, -0.2) is 22.3 Å². The van der Waals surface area contributed by atoms with Crippen molar-refractivity contribution in [2.75, 3.05) is 0 Å². The van der Waals surface area contributed by atoms with Crippen LogP contribution < -0.4 is 5.43 Å². The van der Waals surface area contributed by atoms with Gasteiger partial charge in [0.25, 0.3) is 5.91 Å². The van der Waals surface area contributed by atoms with E-state index in [1.807, 2.05) is 18.4 Å². The molecule has 0 fully saturated rings. The van der Waals surface area contributed by atoms with Crippen molar-refractivity contribution in [1.29, 1.82) is 0 Å². The molecule has 0 spiro atoms. The fourth-order valence-electron chi connectivity index (χ4n) is 2.39. The van der Waals surface area contributed by atoms with Gasteiger partial charge < -0.3 is 0 Å². The summed E-state index contributed by atoms with van der Waals surface area (Å²) in [4.78, 5) is 13.1. The number of nitrogens with one attached hydrogen (secondary N) is 2. The van der Waals surface area contributed by atoms with Gasteiger partial charge in [-0.05, 0) is 49.6 Å². The van der Waals surface area contributed by atoms with E-state index < -0.39 is 0 Å². The van der Waals surface area contributed by atoms with Crippen LogP contribution in [0.25, 0.3) is 0 Å². The van der Waals surface area contributed by atoms with Crippen LogP contribution in [0.1, 0.15) is 45.0 Å². The van der Waals surface area contributed by atoms with Gasteiger partial charge in [0, 0.05) is 16.1 Å². The van der Waals surface area contributed by atoms with Crippen molar-refractivity contribution >= 4 is 23.5 Å². The SMILES string of the molecule is Cc1ccsc1C=NNC(=O)c1n[nH]c2c1CCCC2. The number of hydrazone groups is 1. The van der Waals surface area contributed by atoms with Gasteiger partial charge in [0.15, 0.2) is 5.69 Å². The number of aryl methyl sites for hydroxylation is 2. The molecular formula is C14H16N4OS. The maximum Gasteiger partial charge on any atom is 0.292 e. The average Bonchev–Trinajstić information content (AvgIpc) is 3.05. The molecule has 0 aliphatic heterocycles. The predicted octanol–water partition coefficient (Wildman–Crippen LogP) is 2.42. The highest BCUT2D eigenvalue weighted by Gasteiger charge is 2.21. The molecule has 1 aliphatic rings. The highest BCUT2D eigenvalue weighted by molar-refractivity contribution is 7.11. The lowest BCUT2D eigenvalue weighted by Crippen LogP contribution is -2.20. The second-order valence-corrected chi connectivity index (χ2v) is 5.85. The van der Waals surface area contributed by atoms with Crippen molar-refractivity contribution in [3.63, 3.8) is 0 Å². The van der Waals surface area contributed by atoms with Crippen molar-refractivity contribution in [2.45, 2.75) is 32.6 Å². The quantitative estimate of drug-likeness (QED) is 0.672. The lowest BCUT2D eigenvalue weighted by molar-refractivity contribution is 0.0949. The Bertz CT molecular complexity index is 656. The molecule has 20 heavy (non-hydrogen) atoms. The van der Waals surface area contributed by atoms with Crippen LogP contribution in [0, 0.1) is 6.92 Å². The third-order valence-corrected chi connectivity index (χ3v) is 4.47. The summed E-state index contributed by atoms with van der Waals surface area (Å²) in [5.41, 5.74) is 6.35. The summed E-state index contributed by atoms with van der Waals surface area (Å²) in [6.07, 6.45) is 5.85. The van der Waals surface area contributed by atoms with Gasteiger partial charge in [-0.15, -0.1) is 11.3 Å². The van der Waals surface area contributed by atoms with Crippen molar-refractivity contribution in [1.82, 2.24) is 15.6 Å². The molecule has 1 aliphatic carbocycles. The summed E-state index contributed by atoms with van der Waals surface area (Å²) in [5, 5.41) is 13.1. The van der Waals surface area contributed by atoms with E-state index in [0.717, 1.165) is 47.4 Å². The zero-order valence-electron chi connectivity index (χ0n) is 11.3. The van der Waals surface area contributed by atoms with Gasteiger partial charge in [-0.1, -0.05) is 0 Å². The molecule has 2 heterocycles. The van der Waals surface area contributed by atoms with E-state index in [4.69, 9.17) is 0 Å². The van der Waals surface area contributed by atoms with Crippen LogP contribution in [0.4, 0.5) is 0 Å². The van der Waals surface area contributed by atoms with E-state index in [0.29, 0.717) is 5.69 Å². The summed E-state index contributed by atoms with van der Waals surface area (Å²) in [5.74, 6) is -0.241. The fraction of sp³-hybridized carbons (Fsp3) is 0.357. The third kappa shape index (κ3) is 2.51. The Morgan fingerprint density at radius 2 is 2.35 bits per heavy atom. The number of hydrogen-bond donors (Lipinski definition) is 2. The summed E-state index contributed by atoms with van der Waals surface area (Å²) < 4.78 is 0. The minimum Gasteiger partial charge on any atom is -0.281 e. The molecule has 0 bridgehead atoms. The van der Waals surface area contributed by atoms with Crippen LogP contribution in [0.15, 0.2) is 16.5 Å². The first kappa shape index (κ1) is 13.1. The molecule has 0 radical (unpaired) electrons. The standard InChI is InChI=1S/C14H16N4OS/c1-9-6-7-20-12(9)8-15-18-14(19)13-10-4-2-3-5-11(10)16-17-13/h6-8H,2-5H2,1H3,(H,16,17)(H,18,19). The number of aromatic amines is 1. The molecule has 5 nitrogen and oxygen atoms in total. The first-order valence-electron chi connectivity index (χ1n) is 6.69. The second-order valence-electron chi connectivity index (χ2n) is 4.90. The maximum atomic E-state index is 12.1. The number of aromatic nitrogens is 2. The van der Waals surface area contributed by atoms with E-state index in [1.165, 1.54) is 0 Å². The minimum absolute atomic E-state index is 0.241. The van der Waals surface area contributed by atoms with Crippen LogP contribution in [0.5, 0.6) is 0 Å². The smallest absolute Gasteiger partial charge is 0.281 e. The second kappa shape index (κ2) is 5.58. The molecule has 2 N–H and O–H groups in total. The van der Waals surface area contributed by atoms with Gasteiger partial charge in [-0.25, -0.2) is 5.43 Å². The maximum absolute atomic E-state index is 12.1. The Hall–Kier alpha value is -1.95. The number of carbonyl (C=O) groups is 1. The predicted molar refractivity (Wildman–Crippen MR) is 79.3 cm³/mol. The highest BCUT2D eigenvalue weighted by Crippen LogP contribution is 2.21. The van der Waals surface area contributed by atoms with Crippen LogP contribution in [0.2, 0.25) is 0 Å². The van der Waals surface area contributed by atoms with Crippen molar-refractivity contribution in [2.24, 2.45) is 5.10 Å². The van der Waals surface area contributed by atoms with E-state index in [1.54, 1.807) is 17.6 Å². The fourth-order valence-corrected chi connectivity index (χ4v) is 3.17. The number of thiophene rings is 1. The lowest BCUT2D eigenvalue weighted by atomic mass is 9.96. The van der Waals surface area contributed by atoms with Gasteiger partial charge in [-0.2, -0.15) is 10.2 Å². The van der Waals surface area contributed by atoms with E-state index in [-0.39, 0.29) is 5.91 Å². The molecule has 0 saturated carbocycles. The van der Waals surface area contributed by atoms with Crippen molar-refractivity contribution < 1.29 is 4.79 Å². The Morgan fingerprint density at radius 1 is 1.50 bits per heavy atom. The van der Waals surface area contributed by atoms with Gasteiger partial charge in [0.05, 0.1) is 6.21 Å². The Kier molecular flexibility index (Phi) is 3.64. The topological polar surface area (TPSA) is 70.1 Å². The summed E-state index contributed by atoms with van der Waals surface area (Å²) >= 11 is 1.60. The van der Waals surface area contributed by atoms with Crippen molar-refractivity contribution in [3.05, 3.63) is 38.8 Å². The molecule has 1 amide bonds. The van der Waals surface area contributed by atoms with Crippen molar-refractivity contribution in [3.8, 4) is 0 Å². The largest absolute Gasteiger partial charge is 0.292 e. The average molecular weight is 288 g/mol. The van der Waals surface area contributed by atoms with E-state index >= 15 is 0 Å². The number of nitrogens with zero attached hydrogens (tertiary/aromatic N) is 2. The number of H-pyrrole nitrogens is 1. The molecule has 2 aromatic rings. The van der Waals surface area contributed by atoms with Crippen LogP contribution in [0.3, 0.4) is 0 Å². The summed E-state index contributed by atoms with van der Waals surface area (Å²) in [6.45, 7) is 2.02. The third-order valence-electron chi connectivity index (χ3n) is 3.52. The van der Waals surface area contributed by atoms with Gasteiger partial charge in [0.2, 0.25) is 0 Å². The molecule has 0 unspecified atom stereocenters. The van der Waals surface area contributed by atoms with Crippen LogP contribution >= 0.6 is 11.3 Å². The molecular weight excluding hydrogens is 272 g/mol.